The van der Waals surface area contributed by atoms with Crippen molar-refractivity contribution in [3.05, 3.63) is 170 Å². The van der Waals surface area contributed by atoms with E-state index < -0.39 is 0 Å². The number of hydrogen-bond acceptors (Lipinski definition) is 4. The van der Waals surface area contributed by atoms with E-state index in [1.165, 1.54) is 0 Å². The van der Waals surface area contributed by atoms with Crippen LogP contribution in [0.5, 0.6) is 0 Å². The number of fused-ring (bicyclic) bond motifs is 6. The van der Waals surface area contributed by atoms with Crippen molar-refractivity contribution in [2.45, 2.75) is 0 Å². The number of rotatable bonds is 4. The first-order valence-corrected chi connectivity index (χ1v) is 16.8. The fourth-order valence-corrected chi connectivity index (χ4v) is 7.14. The average molecular weight is 637 g/mol. The number of benzene rings is 6. The fraction of sp³-hybridized carbons (Fsp3) is 0. The summed E-state index contributed by atoms with van der Waals surface area (Å²) in [6.07, 6.45) is 1.83. The summed E-state index contributed by atoms with van der Waals surface area (Å²) in [5, 5.41) is 6.67. The average Bonchev–Trinajstić information content (AvgIpc) is 3.19. The largest absolute Gasteiger partial charge is 0.254 e. The maximum atomic E-state index is 5.23. The molecule has 10 rings (SSSR count). The minimum Gasteiger partial charge on any atom is -0.254 e. The highest BCUT2D eigenvalue weighted by Crippen LogP contribution is 2.37. The molecule has 0 unspecified atom stereocenters. The molecule has 6 aromatic carbocycles. The molecular formula is C46H28N4. The van der Waals surface area contributed by atoms with Gasteiger partial charge in [0.05, 0.1) is 39.1 Å². The van der Waals surface area contributed by atoms with Gasteiger partial charge in [0.1, 0.15) is 0 Å². The Morgan fingerprint density at radius 2 is 0.920 bits per heavy atom. The van der Waals surface area contributed by atoms with Gasteiger partial charge in [0.2, 0.25) is 0 Å². The second-order valence-corrected chi connectivity index (χ2v) is 12.7. The van der Waals surface area contributed by atoms with Gasteiger partial charge in [-0.25, -0.2) is 15.0 Å². The van der Waals surface area contributed by atoms with Crippen LogP contribution in [0.4, 0.5) is 0 Å². The van der Waals surface area contributed by atoms with Crippen molar-refractivity contribution in [2.24, 2.45) is 0 Å². The molecule has 50 heavy (non-hydrogen) atoms. The van der Waals surface area contributed by atoms with E-state index in [-0.39, 0.29) is 0 Å². The van der Waals surface area contributed by atoms with E-state index in [2.05, 4.69) is 145 Å². The summed E-state index contributed by atoms with van der Waals surface area (Å²) >= 11 is 0. The normalized spacial score (nSPS) is 11.6. The van der Waals surface area contributed by atoms with E-state index in [9.17, 15) is 0 Å². The Morgan fingerprint density at radius 3 is 1.74 bits per heavy atom. The molecule has 0 N–H and O–H groups in total. The van der Waals surface area contributed by atoms with Crippen LogP contribution in [0.1, 0.15) is 0 Å². The topological polar surface area (TPSA) is 51.6 Å². The van der Waals surface area contributed by atoms with Gasteiger partial charge in [-0.05, 0) is 64.4 Å². The molecule has 0 bridgehead atoms. The minimum atomic E-state index is 0.917. The molecule has 4 heterocycles. The Hall–Kier alpha value is -6.78. The van der Waals surface area contributed by atoms with Gasteiger partial charge in [-0.1, -0.05) is 121 Å². The Balaban J connectivity index is 1.04. The molecule has 4 aromatic heterocycles. The number of hydrogen-bond donors (Lipinski definition) is 0. The van der Waals surface area contributed by atoms with E-state index in [1.807, 2.05) is 30.5 Å². The van der Waals surface area contributed by atoms with Gasteiger partial charge in [0.25, 0.3) is 0 Å². The Kier molecular flexibility index (Phi) is 6.46. The summed E-state index contributed by atoms with van der Waals surface area (Å²) < 4.78 is 0. The van der Waals surface area contributed by atoms with Crippen LogP contribution in [-0.2, 0) is 0 Å². The standard InChI is InChI=1S/C46H28N4/c1-2-7-29(8-3-1)40-23-19-35-27-33(18-22-41(35)48-40)34-15-12-30-16-24-42(49-44(30)28-34)38-20-21-39(37-11-5-4-10-36(37)38)43-25-17-32-14-13-31-9-6-26-47-45(31)46(32)50-43/h1-28H. The van der Waals surface area contributed by atoms with Crippen molar-refractivity contribution in [3.63, 3.8) is 0 Å². The lowest BCUT2D eigenvalue weighted by molar-refractivity contribution is 1.37. The lowest BCUT2D eigenvalue weighted by Crippen LogP contribution is -1.92. The van der Waals surface area contributed by atoms with Gasteiger partial charge < -0.3 is 0 Å². The zero-order valence-corrected chi connectivity index (χ0v) is 27.0. The first kappa shape index (κ1) is 28.3. The molecule has 0 fully saturated rings. The van der Waals surface area contributed by atoms with Crippen LogP contribution in [0.25, 0.3) is 99.3 Å². The molecule has 0 aliphatic carbocycles. The SMILES string of the molecule is c1ccc(-c2ccc3cc(-c4ccc5ccc(-c6ccc(-c7ccc8ccc9cccnc9c8n7)c7ccccc67)nc5c4)ccc3n2)cc1. The number of pyridine rings is 4. The molecule has 0 aliphatic rings. The second-order valence-electron chi connectivity index (χ2n) is 12.7. The van der Waals surface area contributed by atoms with Crippen LogP contribution in [0, 0.1) is 0 Å². The predicted octanol–water partition coefficient (Wildman–Crippen LogP) is 11.7. The third-order valence-electron chi connectivity index (χ3n) is 9.69. The highest BCUT2D eigenvalue weighted by molar-refractivity contribution is 6.07. The Morgan fingerprint density at radius 1 is 0.320 bits per heavy atom. The molecule has 0 saturated heterocycles. The second kappa shape index (κ2) is 11.4. The molecule has 0 atom stereocenters. The molecule has 10 aromatic rings. The van der Waals surface area contributed by atoms with Crippen LogP contribution in [-0.4, -0.2) is 19.9 Å². The van der Waals surface area contributed by atoms with E-state index in [4.69, 9.17) is 15.0 Å². The lowest BCUT2D eigenvalue weighted by Gasteiger charge is -2.13. The Labute approximate surface area is 288 Å². The third-order valence-corrected chi connectivity index (χ3v) is 9.69. The first-order chi connectivity index (χ1) is 24.7. The third kappa shape index (κ3) is 4.77. The van der Waals surface area contributed by atoms with E-state index in [1.54, 1.807) is 0 Å². The Bertz CT molecular complexity index is 2930. The summed E-state index contributed by atoms with van der Waals surface area (Å²) in [6, 6.07) is 57.3. The van der Waals surface area contributed by atoms with Crippen LogP contribution in [0.3, 0.4) is 0 Å². The van der Waals surface area contributed by atoms with Crippen LogP contribution < -0.4 is 0 Å². The summed E-state index contributed by atoms with van der Waals surface area (Å²) in [6.45, 7) is 0. The van der Waals surface area contributed by atoms with E-state index >= 15 is 0 Å². The molecule has 0 amide bonds. The van der Waals surface area contributed by atoms with Crippen molar-refractivity contribution in [2.75, 3.05) is 0 Å². The monoisotopic (exact) mass is 636 g/mol. The van der Waals surface area contributed by atoms with Crippen molar-refractivity contribution in [1.29, 1.82) is 0 Å². The van der Waals surface area contributed by atoms with E-state index in [0.717, 1.165) is 99.3 Å². The van der Waals surface area contributed by atoms with Crippen molar-refractivity contribution in [3.8, 4) is 44.9 Å². The first-order valence-electron chi connectivity index (χ1n) is 16.8. The number of nitrogens with zero attached hydrogens (tertiary/aromatic N) is 4. The molecule has 4 nitrogen and oxygen atoms in total. The lowest BCUT2D eigenvalue weighted by atomic mass is 9.95. The zero-order chi connectivity index (χ0) is 33.0. The molecule has 0 radical (unpaired) electrons. The van der Waals surface area contributed by atoms with E-state index in [0.29, 0.717) is 0 Å². The van der Waals surface area contributed by atoms with Gasteiger partial charge in [-0.2, -0.15) is 0 Å². The number of aromatic nitrogens is 4. The highest BCUT2D eigenvalue weighted by atomic mass is 14.8. The van der Waals surface area contributed by atoms with Crippen molar-refractivity contribution < 1.29 is 0 Å². The van der Waals surface area contributed by atoms with Gasteiger partial charge in [-0.3, -0.25) is 4.98 Å². The van der Waals surface area contributed by atoms with Crippen molar-refractivity contribution in [1.82, 2.24) is 19.9 Å². The predicted molar refractivity (Wildman–Crippen MR) is 207 cm³/mol. The molecule has 4 heteroatoms. The molecule has 0 aliphatic heterocycles. The van der Waals surface area contributed by atoms with Gasteiger partial charge in [0.15, 0.2) is 0 Å². The molecule has 0 saturated carbocycles. The fourth-order valence-electron chi connectivity index (χ4n) is 7.14. The summed E-state index contributed by atoms with van der Waals surface area (Å²) in [7, 11) is 0. The van der Waals surface area contributed by atoms with Crippen LogP contribution >= 0.6 is 0 Å². The smallest absolute Gasteiger partial charge is 0.0972 e. The maximum Gasteiger partial charge on any atom is 0.0972 e. The molecule has 0 spiro atoms. The zero-order valence-electron chi connectivity index (χ0n) is 27.0. The van der Waals surface area contributed by atoms with Crippen LogP contribution in [0.2, 0.25) is 0 Å². The molecule has 232 valence electrons. The maximum absolute atomic E-state index is 5.23. The van der Waals surface area contributed by atoms with Crippen LogP contribution in [0.15, 0.2) is 170 Å². The highest BCUT2D eigenvalue weighted by Gasteiger charge is 2.14. The van der Waals surface area contributed by atoms with Gasteiger partial charge in [-0.15, -0.1) is 0 Å². The summed E-state index contributed by atoms with van der Waals surface area (Å²) in [5.74, 6) is 0. The summed E-state index contributed by atoms with van der Waals surface area (Å²) in [5.41, 5.74) is 12.2. The molecular weight excluding hydrogens is 609 g/mol. The quantitative estimate of drug-likeness (QED) is 0.180. The van der Waals surface area contributed by atoms with Crippen molar-refractivity contribution >= 4 is 54.4 Å². The minimum absolute atomic E-state index is 0.917. The van der Waals surface area contributed by atoms with Gasteiger partial charge >= 0.3 is 0 Å². The summed E-state index contributed by atoms with van der Waals surface area (Å²) in [4.78, 5) is 20.0. The van der Waals surface area contributed by atoms with Gasteiger partial charge in [0, 0.05) is 44.4 Å².